The second-order valence-electron chi connectivity index (χ2n) is 1.03. The molecule has 0 aromatic carbocycles. The maximum atomic E-state index is 10.0. The Labute approximate surface area is 46.1 Å². The van der Waals surface area contributed by atoms with E-state index in [0.717, 1.165) is 0 Å². The van der Waals surface area contributed by atoms with Gasteiger partial charge in [-0.3, -0.25) is 4.79 Å². The van der Waals surface area contributed by atoms with E-state index in [1.165, 1.54) is 0 Å². The van der Waals surface area contributed by atoms with Crippen molar-refractivity contribution in [3.8, 4) is 0 Å². The van der Waals surface area contributed by atoms with Crippen molar-refractivity contribution in [1.29, 1.82) is 0 Å². The quantitative estimate of drug-likeness (QED) is 0.369. The van der Waals surface area contributed by atoms with Gasteiger partial charge in [0.1, 0.15) is 12.1 Å². The molecule has 3 nitrogen and oxygen atoms in total. The fourth-order valence-electron chi connectivity index (χ4n) is 0.0872. The highest BCUT2D eigenvalue weighted by Crippen LogP contribution is 1.84. The molecule has 4 heteroatoms. The van der Waals surface area contributed by atoms with Crippen LogP contribution in [0.1, 0.15) is 0 Å². The summed E-state index contributed by atoms with van der Waals surface area (Å²) >= 11 is 5.00. The molecule has 0 saturated heterocycles. The average Bonchev–Trinajstić information content (AvgIpc) is 1.65. The molecule has 0 unspecified atom stereocenters. The monoisotopic (exact) mass is 123 g/mol. The summed E-state index contributed by atoms with van der Waals surface area (Å²) in [6.07, 6.45) is 0. The van der Waals surface area contributed by atoms with Gasteiger partial charge in [0.2, 0.25) is 0 Å². The number of Topliss-reactive ketones (excluding diaryl/α,β-unsaturated/α-hetero) is 1. The number of aliphatic hydroxyl groups is 1. The molecule has 42 valence electrons. The molecule has 0 radical (unpaired) electrons. The van der Waals surface area contributed by atoms with Gasteiger partial charge in [-0.15, -0.1) is 0 Å². The molecule has 0 rings (SSSR count). The maximum Gasteiger partial charge on any atom is 0.189 e. The van der Waals surface area contributed by atoms with Gasteiger partial charge in [-0.25, -0.2) is 0 Å². The first kappa shape index (κ1) is 6.88. The van der Waals surface area contributed by atoms with E-state index >= 15 is 0 Å². The van der Waals surface area contributed by atoms with Crippen LogP contribution in [0.2, 0.25) is 0 Å². The molecular weight excluding hydrogens is 117 g/mol. The fraction of sp³-hybridized carbons (Fsp3) is 0.667. The summed E-state index contributed by atoms with van der Waals surface area (Å²) in [5, 5.41) is 7.99. The van der Waals surface area contributed by atoms with Crippen molar-refractivity contribution >= 4 is 17.4 Å². The summed E-state index contributed by atoms with van der Waals surface area (Å²) in [6.45, 7) is -0.579. The summed E-state index contributed by atoms with van der Waals surface area (Å²) < 4.78 is 0. The Morgan fingerprint density at radius 3 is 2.43 bits per heavy atom. The van der Waals surface area contributed by atoms with Crippen molar-refractivity contribution in [2.24, 2.45) is 5.73 Å². The molecule has 0 saturated carbocycles. The molecule has 0 aliphatic carbocycles. The summed E-state index contributed by atoms with van der Waals surface area (Å²) in [5.41, 5.74) is 3.75. The summed E-state index contributed by atoms with van der Waals surface area (Å²) in [4.78, 5) is 10.0. The minimum atomic E-state index is -1.05. The van der Waals surface area contributed by atoms with E-state index in [9.17, 15) is 4.79 Å². The molecule has 3 N–H and O–H groups in total. The van der Waals surface area contributed by atoms with Crippen LogP contribution in [0.3, 0.4) is 0 Å². The Morgan fingerprint density at radius 1 is 2.00 bits per heavy atom. The topological polar surface area (TPSA) is 63.3 Å². The zero-order chi connectivity index (χ0) is 5.86. The highest BCUT2D eigenvalue weighted by Gasteiger charge is 2.05. The average molecular weight is 124 g/mol. The molecule has 0 amide bonds. The van der Waals surface area contributed by atoms with Gasteiger partial charge < -0.3 is 10.8 Å². The van der Waals surface area contributed by atoms with Crippen LogP contribution < -0.4 is 5.73 Å². The minimum Gasteiger partial charge on any atom is -0.388 e. The number of hydrogen-bond donors (Lipinski definition) is 2. The predicted molar refractivity (Wildman–Crippen MR) is 25.9 cm³/mol. The van der Waals surface area contributed by atoms with Crippen LogP contribution in [0, 0.1) is 0 Å². The Morgan fingerprint density at radius 2 is 2.43 bits per heavy atom. The lowest BCUT2D eigenvalue weighted by molar-refractivity contribution is -0.121. The van der Waals surface area contributed by atoms with Crippen molar-refractivity contribution in [3.63, 3.8) is 0 Å². The lowest BCUT2D eigenvalue weighted by Crippen LogP contribution is -2.26. The third-order valence-corrected chi connectivity index (χ3v) is 0.707. The zero-order valence-corrected chi connectivity index (χ0v) is 4.35. The van der Waals surface area contributed by atoms with Crippen molar-refractivity contribution < 1.29 is 9.90 Å². The SMILES string of the molecule is N[C@H](Cl)C(=O)CO. The molecule has 0 spiro atoms. The number of carbonyl (C=O) groups excluding carboxylic acids is 1. The highest BCUT2D eigenvalue weighted by atomic mass is 35.5. The molecule has 0 aromatic heterocycles. The number of alkyl halides is 1. The molecule has 0 heterocycles. The van der Waals surface area contributed by atoms with E-state index in [0.29, 0.717) is 0 Å². The van der Waals surface area contributed by atoms with Gasteiger partial charge in [-0.1, -0.05) is 11.6 Å². The number of aliphatic hydroxyl groups excluding tert-OH is 1. The molecule has 0 aromatic rings. The third kappa shape index (κ3) is 2.56. The van der Waals surface area contributed by atoms with Gasteiger partial charge >= 0.3 is 0 Å². The molecule has 0 bridgehead atoms. The summed E-state index contributed by atoms with van der Waals surface area (Å²) in [6, 6.07) is 0. The van der Waals surface area contributed by atoms with Crippen LogP contribution in [0.25, 0.3) is 0 Å². The lowest BCUT2D eigenvalue weighted by Gasteiger charge is -1.93. The number of carbonyl (C=O) groups is 1. The Hall–Kier alpha value is -0.120. The third-order valence-electron chi connectivity index (χ3n) is 0.463. The van der Waals surface area contributed by atoms with Crippen molar-refractivity contribution in [1.82, 2.24) is 0 Å². The molecule has 1 atom stereocenters. The number of nitrogens with two attached hydrogens (primary N) is 1. The minimum absolute atomic E-state index is 0.554. The van der Waals surface area contributed by atoms with Gasteiger partial charge in [0.25, 0.3) is 0 Å². The van der Waals surface area contributed by atoms with Crippen molar-refractivity contribution in [3.05, 3.63) is 0 Å². The van der Waals surface area contributed by atoms with Gasteiger partial charge in [-0.2, -0.15) is 0 Å². The predicted octanol–water partition coefficient (Wildman–Crippen LogP) is -0.929. The normalized spacial score (nSPS) is 13.6. The number of halogens is 1. The van der Waals surface area contributed by atoms with Crippen LogP contribution in [0.15, 0.2) is 0 Å². The number of rotatable bonds is 2. The Bertz CT molecular complexity index is 73.3. The molecular formula is C3H6ClNO2. The zero-order valence-electron chi connectivity index (χ0n) is 3.60. The molecule has 0 fully saturated rings. The van der Waals surface area contributed by atoms with Gasteiger partial charge in [0, 0.05) is 0 Å². The molecule has 7 heavy (non-hydrogen) atoms. The van der Waals surface area contributed by atoms with Crippen LogP contribution in [0.4, 0.5) is 0 Å². The molecule has 0 aliphatic rings. The first-order chi connectivity index (χ1) is 3.18. The van der Waals surface area contributed by atoms with Crippen LogP contribution in [-0.2, 0) is 4.79 Å². The van der Waals surface area contributed by atoms with Gasteiger partial charge in [0.05, 0.1) is 0 Å². The summed E-state index contributed by atoms with van der Waals surface area (Å²) in [5.74, 6) is -0.554. The van der Waals surface area contributed by atoms with Crippen LogP contribution in [-0.4, -0.2) is 23.0 Å². The highest BCUT2D eigenvalue weighted by molar-refractivity contribution is 6.30. The van der Waals surface area contributed by atoms with Crippen molar-refractivity contribution in [2.45, 2.75) is 5.50 Å². The standard InChI is InChI=1S/C3H6ClNO2/c4-3(5)2(7)1-6/h3,6H,1,5H2/t3-/m0/s1. The van der Waals surface area contributed by atoms with E-state index in [2.05, 4.69) is 0 Å². The van der Waals surface area contributed by atoms with E-state index in [1.54, 1.807) is 0 Å². The van der Waals surface area contributed by atoms with Crippen LogP contribution in [0.5, 0.6) is 0 Å². The second-order valence-corrected chi connectivity index (χ2v) is 1.50. The number of hydrogen-bond acceptors (Lipinski definition) is 3. The van der Waals surface area contributed by atoms with E-state index in [-0.39, 0.29) is 0 Å². The largest absolute Gasteiger partial charge is 0.388 e. The second kappa shape index (κ2) is 2.96. The maximum absolute atomic E-state index is 10.0. The Balaban J connectivity index is 3.35. The number of ketones is 1. The lowest BCUT2D eigenvalue weighted by atomic mass is 10.4. The smallest absolute Gasteiger partial charge is 0.189 e. The summed E-state index contributed by atoms with van der Waals surface area (Å²) in [7, 11) is 0. The van der Waals surface area contributed by atoms with Crippen molar-refractivity contribution in [2.75, 3.05) is 6.61 Å². The fourth-order valence-corrected chi connectivity index (χ4v) is 0.156. The Kier molecular flexibility index (Phi) is 2.91. The first-order valence-electron chi connectivity index (χ1n) is 1.71. The van der Waals surface area contributed by atoms with E-state index in [1.807, 2.05) is 0 Å². The van der Waals surface area contributed by atoms with Crippen LogP contribution >= 0.6 is 11.6 Å². The van der Waals surface area contributed by atoms with E-state index < -0.39 is 17.9 Å². The van der Waals surface area contributed by atoms with E-state index in [4.69, 9.17) is 22.4 Å². The first-order valence-corrected chi connectivity index (χ1v) is 2.15. The molecule has 0 aliphatic heterocycles. The van der Waals surface area contributed by atoms with Gasteiger partial charge in [0.15, 0.2) is 5.78 Å². The van der Waals surface area contributed by atoms with Gasteiger partial charge in [-0.05, 0) is 0 Å².